The van der Waals surface area contributed by atoms with Crippen LogP contribution >= 0.6 is 15.9 Å². The first-order valence-corrected chi connectivity index (χ1v) is 3.89. The van der Waals surface area contributed by atoms with E-state index in [9.17, 15) is 13.2 Å². The predicted octanol–water partition coefficient (Wildman–Crippen LogP) is 2.79. The van der Waals surface area contributed by atoms with Gasteiger partial charge in [0.25, 0.3) is 6.43 Å². The topological polar surface area (TPSA) is 36.7 Å². The summed E-state index contributed by atoms with van der Waals surface area (Å²) in [7, 11) is 0. The Labute approximate surface area is 80.1 Å². The van der Waals surface area contributed by atoms with Crippen LogP contribution in [0, 0.1) is 17.1 Å². The smallest absolute Gasteiger partial charge is 0.233 e. The third-order valence-corrected chi connectivity index (χ3v) is 1.84. The number of hydrogen-bond donors (Lipinski definition) is 0. The number of hydrogen-bond acceptors (Lipinski definition) is 2. The second-order valence-electron chi connectivity index (χ2n) is 2.10. The van der Waals surface area contributed by atoms with Crippen molar-refractivity contribution in [3.63, 3.8) is 0 Å². The van der Waals surface area contributed by atoms with Crippen LogP contribution in [0.25, 0.3) is 0 Å². The fourth-order valence-corrected chi connectivity index (χ4v) is 1.14. The lowest BCUT2D eigenvalue weighted by atomic mass is 10.3. The summed E-state index contributed by atoms with van der Waals surface area (Å²) in [5, 5.41) is 8.36. The van der Waals surface area contributed by atoms with Crippen molar-refractivity contribution < 1.29 is 13.2 Å². The lowest BCUT2D eigenvalue weighted by Gasteiger charge is -2.02. The first-order valence-electron chi connectivity index (χ1n) is 3.10. The Hall–Kier alpha value is -1.09. The van der Waals surface area contributed by atoms with Gasteiger partial charge in [-0.05, 0) is 22.0 Å². The van der Waals surface area contributed by atoms with Crippen LogP contribution in [0.5, 0.6) is 0 Å². The monoisotopic (exact) mass is 250 g/mol. The van der Waals surface area contributed by atoms with Gasteiger partial charge in [0, 0.05) is 0 Å². The van der Waals surface area contributed by atoms with E-state index in [4.69, 9.17) is 5.26 Å². The van der Waals surface area contributed by atoms with E-state index in [1.54, 1.807) is 6.07 Å². The Balaban J connectivity index is 3.35. The summed E-state index contributed by atoms with van der Waals surface area (Å²) in [4.78, 5) is 3.14. The molecule has 0 spiro atoms. The molecule has 1 rings (SSSR count). The van der Waals surface area contributed by atoms with E-state index in [1.165, 1.54) is 0 Å². The molecule has 1 aromatic rings. The Morgan fingerprint density at radius 3 is 2.62 bits per heavy atom. The van der Waals surface area contributed by atoms with E-state index in [0.29, 0.717) is 0 Å². The van der Waals surface area contributed by atoms with Gasteiger partial charge in [-0.3, -0.25) is 0 Å². The third kappa shape index (κ3) is 1.98. The van der Waals surface area contributed by atoms with Crippen LogP contribution in [0.4, 0.5) is 13.2 Å². The van der Waals surface area contributed by atoms with Gasteiger partial charge in [-0.25, -0.2) is 18.2 Å². The summed E-state index contributed by atoms with van der Waals surface area (Å²) < 4.78 is 36.9. The molecule has 0 saturated heterocycles. The number of halogens is 4. The molecule has 0 N–H and O–H groups in total. The minimum absolute atomic E-state index is 0.186. The second kappa shape index (κ2) is 3.75. The minimum atomic E-state index is -3.02. The van der Waals surface area contributed by atoms with Crippen molar-refractivity contribution in [3.8, 4) is 6.07 Å². The van der Waals surface area contributed by atoms with Gasteiger partial charge in [0.15, 0.2) is 5.82 Å². The van der Waals surface area contributed by atoms with Gasteiger partial charge >= 0.3 is 0 Å². The van der Waals surface area contributed by atoms with Gasteiger partial charge in [0.2, 0.25) is 0 Å². The molecule has 0 radical (unpaired) electrons. The largest absolute Gasteiger partial charge is 0.283 e. The van der Waals surface area contributed by atoms with Crippen LogP contribution in [0.15, 0.2) is 10.5 Å². The van der Waals surface area contributed by atoms with E-state index in [2.05, 4.69) is 20.9 Å². The molecule has 0 saturated carbocycles. The second-order valence-corrected chi connectivity index (χ2v) is 2.96. The quantitative estimate of drug-likeness (QED) is 0.769. The zero-order valence-electron chi connectivity index (χ0n) is 6.06. The zero-order valence-corrected chi connectivity index (χ0v) is 7.65. The lowest BCUT2D eigenvalue weighted by molar-refractivity contribution is 0.140. The molecule has 68 valence electrons. The van der Waals surface area contributed by atoms with Crippen LogP contribution in [-0.2, 0) is 0 Å². The van der Waals surface area contributed by atoms with Crippen molar-refractivity contribution in [2.45, 2.75) is 6.43 Å². The average molecular weight is 251 g/mol. The summed E-state index contributed by atoms with van der Waals surface area (Å²) in [6.45, 7) is 0. The molecule has 1 aromatic heterocycles. The number of aromatic nitrogens is 1. The molecule has 0 bridgehead atoms. The first-order chi connectivity index (χ1) is 6.06. The highest BCUT2D eigenvalue weighted by Crippen LogP contribution is 2.25. The Morgan fingerprint density at radius 1 is 1.54 bits per heavy atom. The fraction of sp³-hybridized carbons (Fsp3) is 0.143. The molecule has 0 aliphatic carbocycles. The minimum Gasteiger partial charge on any atom is -0.233 e. The number of pyridine rings is 1. The average Bonchev–Trinajstić information content (AvgIpc) is 2.09. The van der Waals surface area contributed by atoms with Crippen LogP contribution < -0.4 is 0 Å². The van der Waals surface area contributed by atoms with Crippen molar-refractivity contribution in [1.29, 1.82) is 5.26 Å². The van der Waals surface area contributed by atoms with Crippen LogP contribution in [0.2, 0.25) is 0 Å². The van der Waals surface area contributed by atoms with E-state index in [0.717, 1.165) is 6.07 Å². The van der Waals surface area contributed by atoms with E-state index >= 15 is 0 Å². The number of rotatable bonds is 1. The van der Waals surface area contributed by atoms with Gasteiger partial charge in [0.05, 0.1) is 4.47 Å². The molecule has 0 aliphatic heterocycles. The summed E-state index contributed by atoms with van der Waals surface area (Å²) in [6, 6.07) is 2.59. The molecule has 0 amide bonds. The molecule has 0 unspecified atom stereocenters. The summed E-state index contributed by atoms with van der Waals surface area (Å²) in [6.07, 6.45) is -3.02. The van der Waals surface area contributed by atoms with Gasteiger partial charge in [-0.15, -0.1) is 0 Å². The summed E-state index contributed by atoms with van der Waals surface area (Å²) >= 11 is 2.71. The van der Waals surface area contributed by atoms with Crippen molar-refractivity contribution in [1.82, 2.24) is 4.98 Å². The van der Waals surface area contributed by atoms with Crippen molar-refractivity contribution >= 4 is 15.9 Å². The third-order valence-electron chi connectivity index (χ3n) is 1.26. The Bertz CT molecular complexity index is 373. The van der Waals surface area contributed by atoms with E-state index in [1.807, 2.05) is 0 Å². The number of nitriles is 1. The molecule has 6 heteroatoms. The normalized spacial score (nSPS) is 10.2. The SMILES string of the molecule is N#Cc1cc(Br)c(F)c(C(F)F)n1. The maximum atomic E-state index is 12.9. The summed E-state index contributed by atoms with van der Waals surface area (Å²) in [5.74, 6) is -1.13. The molecule has 0 aliphatic rings. The summed E-state index contributed by atoms with van der Waals surface area (Å²) in [5.41, 5.74) is -1.26. The molecule has 13 heavy (non-hydrogen) atoms. The molecule has 0 fully saturated rings. The van der Waals surface area contributed by atoms with Crippen molar-refractivity contribution in [3.05, 3.63) is 27.7 Å². The maximum Gasteiger partial charge on any atom is 0.283 e. The molecule has 2 nitrogen and oxygen atoms in total. The predicted molar refractivity (Wildman–Crippen MR) is 41.6 cm³/mol. The highest BCUT2D eigenvalue weighted by atomic mass is 79.9. The highest BCUT2D eigenvalue weighted by Gasteiger charge is 2.18. The maximum absolute atomic E-state index is 12.9. The first kappa shape index (κ1) is 9.99. The molecule has 1 heterocycles. The Kier molecular flexibility index (Phi) is 2.88. The Morgan fingerprint density at radius 2 is 2.15 bits per heavy atom. The molecular formula is C7H2BrF3N2. The molecule has 0 atom stereocenters. The van der Waals surface area contributed by atoms with Gasteiger partial charge in [-0.1, -0.05) is 0 Å². The molecule has 0 aromatic carbocycles. The van der Waals surface area contributed by atoms with Crippen molar-refractivity contribution in [2.75, 3.05) is 0 Å². The number of nitrogens with zero attached hydrogens (tertiary/aromatic N) is 2. The standard InChI is InChI=1S/C7H2BrF3N2/c8-4-1-3(2-12)13-6(5(4)9)7(10)11/h1,7H. The fourth-order valence-electron chi connectivity index (χ4n) is 0.719. The van der Waals surface area contributed by atoms with E-state index in [-0.39, 0.29) is 10.2 Å². The van der Waals surface area contributed by atoms with E-state index < -0.39 is 17.9 Å². The number of alkyl halides is 2. The highest BCUT2D eigenvalue weighted by molar-refractivity contribution is 9.10. The lowest BCUT2D eigenvalue weighted by Crippen LogP contribution is -1.99. The van der Waals surface area contributed by atoms with Crippen LogP contribution in [0.3, 0.4) is 0 Å². The van der Waals surface area contributed by atoms with Gasteiger partial charge in [-0.2, -0.15) is 5.26 Å². The van der Waals surface area contributed by atoms with Crippen LogP contribution in [0.1, 0.15) is 17.8 Å². The molecular weight excluding hydrogens is 249 g/mol. The van der Waals surface area contributed by atoms with Gasteiger partial charge < -0.3 is 0 Å². The van der Waals surface area contributed by atoms with Crippen LogP contribution in [-0.4, -0.2) is 4.98 Å². The van der Waals surface area contributed by atoms with Crippen molar-refractivity contribution in [2.24, 2.45) is 0 Å². The zero-order chi connectivity index (χ0) is 10.0. The van der Waals surface area contributed by atoms with Gasteiger partial charge in [0.1, 0.15) is 17.5 Å².